The number of hydrogen-bond acceptors (Lipinski definition) is 1. The second-order valence-corrected chi connectivity index (χ2v) is 6.01. The van der Waals surface area contributed by atoms with Gasteiger partial charge in [-0.1, -0.05) is 26.7 Å². The summed E-state index contributed by atoms with van der Waals surface area (Å²) in [6, 6.07) is 0. The molecule has 0 aromatic heterocycles. The van der Waals surface area contributed by atoms with Crippen LogP contribution in [0.4, 0.5) is 0 Å². The van der Waals surface area contributed by atoms with Crippen LogP contribution in [-0.2, 0) is 4.79 Å². The average molecular weight is 224 g/mol. The lowest BCUT2D eigenvalue weighted by atomic mass is 9.52. The van der Waals surface area contributed by atoms with Gasteiger partial charge in [-0.25, -0.2) is 0 Å². The molecule has 1 N–H and O–H groups in total. The molecule has 92 valence electrons. The van der Waals surface area contributed by atoms with E-state index in [1.54, 1.807) is 0 Å². The third-order valence-electron chi connectivity index (χ3n) is 5.15. The fraction of sp³-hybridized carbons (Fsp3) is 0.929. The highest BCUT2D eigenvalue weighted by atomic mass is 16.4. The molecule has 2 bridgehead atoms. The van der Waals surface area contributed by atoms with Gasteiger partial charge in [0.25, 0.3) is 0 Å². The number of carboxylic acid groups (broad SMARTS) is 1. The Hall–Kier alpha value is -0.530. The van der Waals surface area contributed by atoms with Crippen molar-refractivity contribution in [3.63, 3.8) is 0 Å². The van der Waals surface area contributed by atoms with Crippen LogP contribution in [0.15, 0.2) is 0 Å². The predicted octanol–water partition coefficient (Wildman–Crippen LogP) is 3.70. The molecule has 2 atom stereocenters. The summed E-state index contributed by atoms with van der Waals surface area (Å²) in [6.45, 7) is 4.46. The largest absolute Gasteiger partial charge is 0.481 e. The van der Waals surface area contributed by atoms with E-state index in [2.05, 4.69) is 13.8 Å². The third kappa shape index (κ3) is 1.76. The van der Waals surface area contributed by atoms with E-state index in [0.717, 1.165) is 31.6 Å². The molecule has 3 saturated carbocycles. The normalized spacial score (nSPS) is 39.6. The van der Waals surface area contributed by atoms with Crippen molar-refractivity contribution >= 4 is 5.97 Å². The monoisotopic (exact) mass is 224 g/mol. The summed E-state index contributed by atoms with van der Waals surface area (Å²) < 4.78 is 0. The van der Waals surface area contributed by atoms with Crippen LogP contribution in [-0.4, -0.2) is 11.1 Å². The summed E-state index contributed by atoms with van der Waals surface area (Å²) in [5.41, 5.74) is -0.358. The zero-order chi connectivity index (χ0) is 11.8. The Labute approximate surface area is 98.4 Å². The minimum Gasteiger partial charge on any atom is -0.481 e. The first kappa shape index (κ1) is 11.9. The van der Waals surface area contributed by atoms with Crippen LogP contribution in [0.3, 0.4) is 0 Å². The fourth-order valence-corrected chi connectivity index (χ4v) is 4.19. The molecule has 3 aliphatic rings. The van der Waals surface area contributed by atoms with Gasteiger partial charge in [0.15, 0.2) is 0 Å². The molecule has 2 heteroatoms. The second-order valence-electron chi connectivity index (χ2n) is 6.01. The topological polar surface area (TPSA) is 37.3 Å². The first-order chi connectivity index (χ1) is 7.60. The maximum absolute atomic E-state index is 11.7. The number of aliphatic carboxylic acids is 1. The Morgan fingerprint density at radius 2 is 2.06 bits per heavy atom. The zero-order valence-electron chi connectivity index (χ0n) is 10.5. The minimum absolute atomic E-state index is 0.358. The molecule has 3 aliphatic carbocycles. The Morgan fingerprint density at radius 1 is 1.44 bits per heavy atom. The van der Waals surface area contributed by atoms with E-state index in [4.69, 9.17) is 0 Å². The van der Waals surface area contributed by atoms with E-state index < -0.39 is 5.97 Å². The molecule has 1 unspecified atom stereocenters. The van der Waals surface area contributed by atoms with Gasteiger partial charge >= 0.3 is 5.97 Å². The first-order valence-electron chi connectivity index (χ1n) is 6.83. The van der Waals surface area contributed by atoms with Gasteiger partial charge < -0.3 is 5.11 Å². The molecule has 0 amide bonds. The van der Waals surface area contributed by atoms with Crippen molar-refractivity contribution in [1.29, 1.82) is 0 Å². The van der Waals surface area contributed by atoms with Crippen molar-refractivity contribution in [3.8, 4) is 0 Å². The predicted molar refractivity (Wildman–Crippen MR) is 64.2 cm³/mol. The van der Waals surface area contributed by atoms with Crippen molar-refractivity contribution < 1.29 is 9.90 Å². The highest BCUT2D eigenvalue weighted by molar-refractivity contribution is 5.75. The Kier molecular flexibility index (Phi) is 3.27. The van der Waals surface area contributed by atoms with E-state index >= 15 is 0 Å². The molecule has 2 nitrogen and oxygen atoms in total. The Morgan fingerprint density at radius 3 is 2.56 bits per heavy atom. The van der Waals surface area contributed by atoms with Gasteiger partial charge in [0.2, 0.25) is 0 Å². The molecule has 0 heterocycles. The maximum atomic E-state index is 11.7. The van der Waals surface area contributed by atoms with Crippen molar-refractivity contribution in [2.75, 3.05) is 0 Å². The van der Waals surface area contributed by atoms with Crippen molar-refractivity contribution in [3.05, 3.63) is 0 Å². The van der Waals surface area contributed by atoms with E-state index in [-0.39, 0.29) is 5.41 Å². The quantitative estimate of drug-likeness (QED) is 0.790. The minimum atomic E-state index is -0.515. The molecule has 3 rings (SSSR count). The molecule has 0 radical (unpaired) electrons. The van der Waals surface area contributed by atoms with Gasteiger partial charge in [0, 0.05) is 0 Å². The van der Waals surface area contributed by atoms with Gasteiger partial charge in [0.05, 0.1) is 5.41 Å². The zero-order valence-corrected chi connectivity index (χ0v) is 10.5. The molecule has 16 heavy (non-hydrogen) atoms. The molecule has 0 aliphatic heterocycles. The van der Waals surface area contributed by atoms with Crippen LogP contribution >= 0.6 is 0 Å². The number of fused-ring (bicyclic) bond motifs is 3. The van der Waals surface area contributed by atoms with Gasteiger partial charge in [-0.3, -0.25) is 4.79 Å². The molecule has 0 saturated heterocycles. The molecule has 0 spiro atoms. The standard InChI is InChI=1S/C14H24O2/c1-3-4-10(2)12-9-11-5-7-14(12,8-6-11)13(15)16/h10-12H,3-9H2,1-2H3,(H,15,16)/t10?,11?,12-,14?/m1/s1. The van der Waals surface area contributed by atoms with Gasteiger partial charge in [-0.2, -0.15) is 0 Å². The van der Waals surface area contributed by atoms with E-state index in [0.29, 0.717) is 11.8 Å². The molecular weight excluding hydrogens is 200 g/mol. The Balaban J connectivity index is 2.19. The lowest BCUT2D eigenvalue weighted by molar-refractivity contribution is -0.164. The lowest BCUT2D eigenvalue weighted by Gasteiger charge is -2.51. The third-order valence-corrected chi connectivity index (χ3v) is 5.15. The van der Waals surface area contributed by atoms with Crippen molar-refractivity contribution in [2.45, 2.75) is 58.8 Å². The molecule has 0 aromatic rings. The van der Waals surface area contributed by atoms with E-state index in [1.807, 2.05) is 0 Å². The average Bonchev–Trinajstić information content (AvgIpc) is 2.30. The summed E-state index contributed by atoms with van der Waals surface area (Å²) >= 11 is 0. The van der Waals surface area contributed by atoms with Crippen molar-refractivity contribution in [1.82, 2.24) is 0 Å². The Bertz CT molecular complexity index is 264. The van der Waals surface area contributed by atoms with E-state index in [1.165, 1.54) is 19.3 Å². The summed E-state index contributed by atoms with van der Waals surface area (Å²) in [5.74, 6) is 1.34. The summed E-state index contributed by atoms with van der Waals surface area (Å²) in [6.07, 6.45) is 7.72. The summed E-state index contributed by atoms with van der Waals surface area (Å²) in [5, 5.41) is 9.60. The van der Waals surface area contributed by atoms with Crippen LogP contribution in [0.1, 0.15) is 58.8 Å². The van der Waals surface area contributed by atoms with Crippen LogP contribution in [0, 0.1) is 23.2 Å². The van der Waals surface area contributed by atoms with Gasteiger partial charge in [-0.05, 0) is 49.9 Å². The van der Waals surface area contributed by atoms with Gasteiger partial charge in [0.1, 0.15) is 0 Å². The van der Waals surface area contributed by atoms with Crippen LogP contribution in [0.5, 0.6) is 0 Å². The maximum Gasteiger partial charge on any atom is 0.309 e. The molecule has 0 aromatic carbocycles. The summed E-state index contributed by atoms with van der Waals surface area (Å²) in [4.78, 5) is 11.7. The smallest absolute Gasteiger partial charge is 0.309 e. The van der Waals surface area contributed by atoms with Crippen LogP contribution < -0.4 is 0 Å². The van der Waals surface area contributed by atoms with Crippen molar-refractivity contribution in [2.24, 2.45) is 23.2 Å². The van der Waals surface area contributed by atoms with Crippen LogP contribution in [0.2, 0.25) is 0 Å². The summed E-state index contributed by atoms with van der Waals surface area (Å²) in [7, 11) is 0. The number of hydrogen-bond donors (Lipinski definition) is 1. The number of rotatable bonds is 4. The van der Waals surface area contributed by atoms with E-state index in [9.17, 15) is 9.90 Å². The van der Waals surface area contributed by atoms with Gasteiger partial charge in [-0.15, -0.1) is 0 Å². The first-order valence-corrected chi connectivity index (χ1v) is 6.83. The SMILES string of the molecule is CCCC(C)[C@H]1CC2CCC1(C(=O)O)CC2. The molecular formula is C14H24O2. The lowest BCUT2D eigenvalue weighted by Crippen LogP contribution is -2.49. The highest BCUT2D eigenvalue weighted by Crippen LogP contribution is 2.56. The van der Waals surface area contributed by atoms with Crippen LogP contribution in [0.25, 0.3) is 0 Å². The number of carboxylic acids is 1. The second kappa shape index (κ2) is 4.38. The molecule has 3 fully saturated rings. The fourth-order valence-electron chi connectivity index (χ4n) is 4.19. The number of carbonyl (C=O) groups is 1. The highest BCUT2D eigenvalue weighted by Gasteiger charge is 2.53.